The number of nitrogens with zero attached hydrogens (tertiary/aromatic N) is 3. The quantitative estimate of drug-likeness (QED) is 0.626. The number of benzene rings is 2. The van der Waals surface area contributed by atoms with Crippen LogP contribution in [0, 0.1) is 44.2 Å². The van der Waals surface area contributed by atoms with E-state index in [1.54, 1.807) is 12.1 Å². The lowest BCUT2D eigenvalue weighted by molar-refractivity contribution is -0.422. The molecule has 9 nitrogen and oxygen atoms in total. The van der Waals surface area contributed by atoms with E-state index in [1.807, 2.05) is 6.92 Å². The molecule has 0 bridgehead atoms. The SMILES string of the molecule is Cc1ccc([N+](=O)[O-])cc1.Cc1cccc([N+](=O)[O-])c1[N+](=O)[O-]. The van der Waals surface area contributed by atoms with E-state index < -0.39 is 26.1 Å². The van der Waals surface area contributed by atoms with Gasteiger partial charge in [0.1, 0.15) is 0 Å². The maximum absolute atomic E-state index is 10.4. The molecule has 0 saturated carbocycles. The summed E-state index contributed by atoms with van der Waals surface area (Å²) in [5.41, 5.74) is 0.563. The van der Waals surface area contributed by atoms with Gasteiger partial charge in [0.05, 0.1) is 14.8 Å². The molecule has 0 amide bonds. The van der Waals surface area contributed by atoms with Crippen molar-refractivity contribution < 1.29 is 14.8 Å². The Hall–Kier alpha value is -3.36. The van der Waals surface area contributed by atoms with Crippen molar-refractivity contribution in [3.8, 4) is 0 Å². The molecule has 0 spiro atoms. The Labute approximate surface area is 130 Å². The van der Waals surface area contributed by atoms with Gasteiger partial charge in [0.2, 0.25) is 0 Å². The molecular formula is C14H13N3O6. The standard InChI is InChI=1S/C7H6N2O4.C7H7NO2/c1-5-3-2-4-6(8(10)11)7(5)9(12)13;1-6-2-4-7(5-3-6)8(9)10/h2-4H,1H3;2-5H,1H3. The molecule has 2 aromatic carbocycles. The number of para-hydroxylation sites is 1. The van der Waals surface area contributed by atoms with Crippen LogP contribution in [0.1, 0.15) is 11.1 Å². The summed E-state index contributed by atoms with van der Waals surface area (Å²) in [6.45, 7) is 3.36. The Balaban J connectivity index is 0.000000238. The smallest absolute Gasteiger partial charge is 0.258 e. The van der Waals surface area contributed by atoms with Crippen LogP contribution in [0.15, 0.2) is 42.5 Å². The number of non-ortho nitro benzene ring substituents is 1. The fourth-order valence-corrected chi connectivity index (χ4v) is 1.69. The van der Waals surface area contributed by atoms with E-state index in [0.29, 0.717) is 5.56 Å². The number of nitro groups is 3. The molecule has 0 saturated heterocycles. The Morgan fingerprint density at radius 2 is 1.30 bits per heavy atom. The molecule has 0 N–H and O–H groups in total. The molecule has 2 aromatic rings. The zero-order chi connectivity index (χ0) is 17.6. The van der Waals surface area contributed by atoms with E-state index in [1.165, 1.54) is 31.2 Å². The molecule has 0 radical (unpaired) electrons. The minimum Gasteiger partial charge on any atom is -0.258 e. The van der Waals surface area contributed by atoms with Gasteiger partial charge in [-0.1, -0.05) is 29.8 Å². The summed E-state index contributed by atoms with van der Waals surface area (Å²) >= 11 is 0. The molecule has 0 aliphatic rings. The second kappa shape index (κ2) is 7.59. The number of nitro benzene ring substituents is 3. The lowest BCUT2D eigenvalue weighted by Crippen LogP contribution is -1.98. The van der Waals surface area contributed by atoms with Crippen molar-refractivity contribution in [3.05, 3.63) is 83.9 Å². The molecule has 0 aromatic heterocycles. The van der Waals surface area contributed by atoms with E-state index in [0.717, 1.165) is 11.6 Å². The third-order valence-corrected chi connectivity index (χ3v) is 2.84. The predicted octanol–water partition coefficient (Wildman–Crippen LogP) is 3.71. The van der Waals surface area contributed by atoms with Crippen LogP contribution in [-0.2, 0) is 0 Å². The van der Waals surface area contributed by atoms with Crippen molar-refractivity contribution in [2.75, 3.05) is 0 Å². The van der Waals surface area contributed by atoms with Crippen LogP contribution in [-0.4, -0.2) is 14.8 Å². The fraction of sp³-hybridized carbons (Fsp3) is 0.143. The third-order valence-electron chi connectivity index (χ3n) is 2.84. The molecular weight excluding hydrogens is 306 g/mol. The van der Waals surface area contributed by atoms with Crippen molar-refractivity contribution in [3.63, 3.8) is 0 Å². The maximum atomic E-state index is 10.4. The summed E-state index contributed by atoms with van der Waals surface area (Å²) in [4.78, 5) is 29.0. The summed E-state index contributed by atoms with van der Waals surface area (Å²) < 4.78 is 0. The Morgan fingerprint density at radius 1 is 0.739 bits per heavy atom. The Morgan fingerprint density at radius 3 is 1.70 bits per heavy atom. The van der Waals surface area contributed by atoms with Gasteiger partial charge >= 0.3 is 11.4 Å². The molecule has 2 rings (SSSR count). The van der Waals surface area contributed by atoms with Gasteiger partial charge in [-0.2, -0.15) is 0 Å². The Kier molecular flexibility index (Phi) is 5.84. The highest BCUT2D eigenvalue weighted by Gasteiger charge is 2.25. The molecule has 120 valence electrons. The first-order valence-electron chi connectivity index (χ1n) is 6.33. The minimum atomic E-state index is -0.759. The van der Waals surface area contributed by atoms with E-state index in [9.17, 15) is 30.3 Å². The van der Waals surface area contributed by atoms with Crippen molar-refractivity contribution in [1.29, 1.82) is 0 Å². The van der Waals surface area contributed by atoms with Crippen molar-refractivity contribution in [1.82, 2.24) is 0 Å². The number of hydrogen-bond donors (Lipinski definition) is 0. The minimum absolute atomic E-state index is 0.144. The highest BCUT2D eigenvalue weighted by Crippen LogP contribution is 2.29. The summed E-state index contributed by atoms with van der Waals surface area (Å²) in [6.07, 6.45) is 0. The van der Waals surface area contributed by atoms with E-state index >= 15 is 0 Å². The van der Waals surface area contributed by atoms with Gasteiger partial charge < -0.3 is 0 Å². The molecule has 0 heterocycles. The lowest BCUT2D eigenvalue weighted by Gasteiger charge is -1.96. The van der Waals surface area contributed by atoms with Gasteiger partial charge in [0, 0.05) is 23.8 Å². The van der Waals surface area contributed by atoms with Crippen LogP contribution >= 0.6 is 0 Å². The van der Waals surface area contributed by atoms with Crippen LogP contribution in [0.4, 0.5) is 17.1 Å². The summed E-state index contributed by atoms with van der Waals surface area (Å²) in [5, 5.41) is 30.9. The summed E-state index contributed by atoms with van der Waals surface area (Å²) in [6, 6.07) is 10.4. The van der Waals surface area contributed by atoms with Crippen LogP contribution in [0.3, 0.4) is 0 Å². The van der Waals surface area contributed by atoms with Crippen LogP contribution < -0.4 is 0 Å². The number of rotatable bonds is 3. The van der Waals surface area contributed by atoms with E-state index in [2.05, 4.69) is 0 Å². The van der Waals surface area contributed by atoms with Gasteiger partial charge in [-0.15, -0.1) is 0 Å². The first kappa shape index (κ1) is 17.7. The topological polar surface area (TPSA) is 129 Å². The molecule has 23 heavy (non-hydrogen) atoms. The zero-order valence-electron chi connectivity index (χ0n) is 12.3. The van der Waals surface area contributed by atoms with Gasteiger partial charge in [0.25, 0.3) is 5.69 Å². The molecule has 0 aliphatic heterocycles. The Bertz CT molecular complexity index is 743. The highest BCUT2D eigenvalue weighted by molar-refractivity contribution is 5.56. The number of aryl methyl sites for hydroxylation is 2. The predicted molar refractivity (Wildman–Crippen MR) is 82.3 cm³/mol. The first-order chi connectivity index (χ1) is 10.7. The van der Waals surface area contributed by atoms with Crippen molar-refractivity contribution in [2.45, 2.75) is 13.8 Å². The molecule has 9 heteroatoms. The van der Waals surface area contributed by atoms with Crippen LogP contribution in [0.25, 0.3) is 0 Å². The molecule has 0 aliphatic carbocycles. The highest BCUT2D eigenvalue weighted by atomic mass is 16.6. The van der Waals surface area contributed by atoms with E-state index in [-0.39, 0.29) is 5.69 Å². The van der Waals surface area contributed by atoms with Gasteiger partial charge in [-0.05, 0) is 13.8 Å². The van der Waals surface area contributed by atoms with Crippen LogP contribution in [0.2, 0.25) is 0 Å². The number of hydrogen-bond acceptors (Lipinski definition) is 6. The monoisotopic (exact) mass is 319 g/mol. The average Bonchev–Trinajstić information content (AvgIpc) is 2.47. The van der Waals surface area contributed by atoms with Gasteiger partial charge in [-0.25, -0.2) is 0 Å². The zero-order valence-corrected chi connectivity index (χ0v) is 12.3. The maximum Gasteiger partial charge on any atom is 0.348 e. The molecule has 0 atom stereocenters. The van der Waals surface area contributed by atoms with Gasteiger partial charge in [0.15, 0.2) is 0 Å². The summed E-state index contributed by atoms with van der Waals surface area (Å²) in [5.74, 6) is 0. The second-order valence-electron chi connectivity index (χ2n) is 4.55. The molecule has 0 fully saturated rings. The first-order valence-corrected chi connectivity index (χ1v) is 6.33. The van der Waals surface area contributed by atoms with E-state index in [4.69, 9.17) is 0 Å². The second-order valence-corrected chi connectivity index (χ2v) is 4.55. The lowest BCUT2D eigenvalue weighted by atomic mass is 10.2. The van der Waals surface area contributed by atoms with Gasteiger partial charge in [-0.3, -0.25) is 30.3 Å². The van der Waals surface area contributed by atoms with Crippen LogP contribution in [0.5, 0.6) is 0 Å². The fourth-order valence-electron chi connectivity index (χ4n) is 1.69. The summed E-state index contributed by atoms with van der Waals surface area (Å²) in [7, 11) is 0. The average molecular weight is 319 g/mol. The largest absolute Gasteiger partial charge is 0.348 e. The molecule has 0 unspecified atom stereocenters. The van der Waals surface area contributed by atoms with Crippen molar-refractivity contribution >= 4 is 17.1 Å². The third kappa shape index (κ3) is 4.84. The van der Waals surface area contributed by atoms with Crippen molar-refractivity contribution in [2.24, 2.45) is 0 Å². The normalized spacial score (nSPS) is 9.48.